The predicted molar refractivity (Wildman–Crippen MR) is 214 cm³/mol. The van der Waals surface area contributed by atoms with Crippen LogP contribution in [0.1, 0.15) is 0 Å². The van der Waals surface area contributed by atoms with Crippen molar-refractivity contribution in [2.75, 3.05) is 4.90 Å². The number of furan rings is 1. The Bertz CT molecular complexity index is 2850. The molecule has 0 spiro atoms. The van der Waals surface area contributed by atoms with Crippen molar-refractivity contribution in [2.45, 2.75) is 0 Å². The van der Waals surface area contributed by atoms with Crippen LogP contribution in [0.2, 0.25) is 0 Å². The Morgan fingerprint density at radius 3 is 1.71 bits per heavy atom. The maximum absolute atomic E-state index is 6.39. The van der Waals surface area contributed by atoms with Crippen LogP contribution in [0, 0.1) is 0 Å². The van der Waals surface area contributed by atoms with Crippen molar-refractivity contribution >= 4 is 60.8 Å². The van der Waals surface area contributed by atoms with Gasteiger partial charge in [-0.05, 0) is 95.1 Å². The van der Waals surface area contributed by atoms with Gasteiger partial charge in [-0.3, -0.25) is 0 Å². The smallest absolute Gasteiger partial charge is 0.137 e. The van der Waals surface area contributed by atoms with Crippen molar-refractivity contribution in [1.29, 1.82) is 0 Å². The lowest BCUT2D eigenvalue weighted by Crippen LogP contribution is -2.09. The Hall–Kier alpha value is -6.84. The lowest BCUT2D eigenvalue weighted by molar-refractivity contribution is 0.669. The van der Waals surface area contributed by atoms with Crippen LogP contribution in [0.4, 0.5) is 17.1 Å². The van der Waals surface area contributed by atoms with Crippen LogP contribution in [-0.2, 0) is 0 Å². The molecule has 0 saturated carbocycles. The fraction of sp³-hybridized carbons (Fsp3) is 0. The van der Waals surface area contributed by atoms with E-state index in [9.17, 15) is 0 Å². The minimum absolute atomic E-state index is 0.870. The molecule has 3 nitrogen and oxygen atoms in total. The van der Waals surface area contributed by atoms with Gasteiger partial charge in [0.2, 0.25) is 0 Å². The van der Waals surface area contributed by atoms with Crippen molar-refractivity contribution in [3.8, 4) is 27.9 Å². The van der Waals surface area contributed by atoms with E-state index in [1.54, 1.807) is 0 Å². The fourth-order valence-corrected chi connectivity index (χ4v) is 7.57. The van der Waals surface area contributed by atoms with Crippen molar-refractivity contribution in [3.05, 3.63) is 194 Å². The highest BCUT2D eigenvalue weighted by Crippen LogP contribution is 2.42. The number of hydrogen-bond acceptors (Lipinski definition) is 2. The molecule has 51 heavy (non-hydrogen) atoms. The highest BCUT2D eigenvalue weighted by molar-refractivity contribution is 6.11. The molecule has 0 amide bonds. The lowest BCUT2D eigenvalue weighted by atomic mass is 9.99. The zero-order chi connectivity index (χ0) is 33.7. The number of aromatic nitrogens is 1. The van der Waals surface area contributed by atoms with Gasteiger partial charge in [0.15, 0.2) is 0 Å². The van der Waals surface area contributed by atoms with Gasteiger partial charge >= 0.3 is 0 Å². The number of anilines is 3. The van der Waals surface area contributed by atoms with E-state index in [4.69, 9.17) is 4.42 Å². The summed E-state index contributed by atoms with van der Waals surface area (Å²) in [5.41, 5.74) is 13.2. The maximum atomic E-state index is 6.39. The van der Waals surface area contributed by atoms with Crippen LogP contribution in [0.5, 0.6) is 0 Å². The summed E-state index contributed by atoms with van der Waals surface area (Å²) in [4.78, 5) is 2.34. The molecule has 3 heteroatoms. The Labute approximate surface area is 295 Å². The second-order valence-electron chi connectivity index (χ2n) is 13.0. The Morgan fingerprint density at radius 1 is 0.333 bits per heavy atom. The Morgan fingerprint density at radius 2 is 0.902 bits per heavy atom. The second kappa shape index (κ2) is 11.9. The summed E-state index contributed by atoms with van der Waals surface area (Å²) in [6.07, 6.45) is 0. The van der Waals surface area contributed by atoms with E-state index in [1.165, 1.54) is 44.1 Å². The van der Waals surface area contributed by atoms with Crippen LogP contribution < -0.4 is 4.90 Å². The van der Waals surface area contributed by atoms with Gasteiger partial charge in [0.05, 0.1) is 11.0 Å². The fourth-order valence-electron chi connectivity index (χ4n) is 7.57. The average Bonchev–Trinajstić information content (AvgIpc) is 3.74. The minimum Gasteiger partial charge on any atom is -0.456 e. The van der Waals surface area contributed by atoms with E-state index in [0.29, 0.717) is 0 Å². The summed E-state index contributed by atoms with van der Waals surface area (Å²) in [7, 11) is 0. The first kappa shape index (κ1) is 29.1. The van der Waals surface area contributed by atoms with Crippen molar-refractivity contribution in [2.24, 2.45) is 0 Å². The standard InChI is InChI=1S/C48H32N2O/c1-3-12-33(13-4-1)35-14-11-15-36(30-35)34-22-24-38(25-23-34)49(40-26-28-43-42-19-8-10-21-47(42)51-48(43)32-40)39-27-29-46-44(31-39)41-18-7-9-20-45(41)50(46)37-16-5-2-6-17-37/h1-32H. The van der Waals surface area contributed by atoms with E-state index in [-0.39, 0.29) is 0 Å². The first-order chi connectivity index (χ1) is 25.3. The molecule has 8 aromatic carbocycles. The largest absolute Gasteiger partial charge is 0.456 e. The summed E-state index contributed by atoms with van der Waals surface area (Å²) in [6.45, 7) is 0. The van der Waals surface area contributed by atoms with Crippen molar-refractivity contribution in [3.63, 3.8) is 0 Å². The summed E-state index contributed by atoms with van der Waals surface area (Å²) < 4.78 is 8.75. The zero-order valence-corrected chi connectivity index (χ0v) is 27.8. The van der Waals surface area contributed by atoms with Gasteiger partial charge in [-0.2, -0.15) is 0 Å². The predicted octanol–water partition coefficient (Wildman–Crippen LogP) is 13.5. The van der Waals surface area contributed by atoms with Crippen LogP contribution in [0.25, 0.3) is 71.7 Å². The normalized spacial score (nSPS) is 11.5. The number of nitrogens with zero attached hydrogens (tertiary/aromatic N) is 2. The molecule has 0 unspecified atom stereocenters. The Kier molecular flexibility index (Phi) is 6.81. The summed E-state index contributed by atoms with van der Waals surface area (Å²) >= 11 is 0. The van der Waals surface area contributed by atoms with Gasteiger partial charge in [0.25, 0.3) is 0 Å². The average molecular weight is 653 g/mol. The third-order valence-electron chi connectivity index (χ3n) is 9.98. The Balaban J connectivity index is 1.13. The number of benzene rings is 8. The molecule has 0 atom stereocenters. The lowest BCUT2D eigenvalue weighted by Gasteiger charge is -2.26. The molecule has 2 heterocycles. The van der Waals surface area contributed by atoms with Crippen molar-refractivity contribution in [1.82, 2.24) is 4.57 Å². The first-order valence-corrected chi connectivity index (χ1v) is 17.3. The molecular weight excluding hydrogens is 621 g/mol. The van der Waals surface area contributed by atoms with E-state index in [0.717, 1.165) is 44.7 Å². The number of fused-ring (bicyclic) bond motifs is 6. The quantitative estimate of drug-likeness (QED) is 0.178. The molecule has 0 radical (unpaired) electrons. The molecule has 0 bridgehead atoms. The SMILES string of the molecule is c1ccc(-c2cccc(-c3ccc(N(c4ccc5c(c4)oc4ccccc45)c4ccc5c(c4)c4ccccc4n5-c4ccccc4)cc3)c2)cc1. The molecule has 0 aliphatic carbocycles. The zero-order valence-electron chi connectivity index (χ0n) is 27.8. The van der Waals surface area contributed by atoms with Crippen LogP contribution >= 0.6 is 0 Å². The molecule has 10 rings (SSSR count). The summed E-state index contributed by atoms with van der Waals surface area (Å²) in [5.74, 6) is 0. The van der Waals surface area contributed by atoms with Gasteiger partial charge in [-0.25, -0.2) is 0 Å². The van der Waals surface area contributed by atoms with Crippen molar-refractivity contribution < 1.29 is 4.42 Å². The molecular formula is C48H32N2O. The van der Waals surface area contributed by atoms with Crippen LogP contribution in [0.15, 0.2) is 199 Å². The summed E-state index contributed by atoms with van der Waals surface area (Å²) in [6, 6.07) is 69.2. The van der Waals surface area contributed by atoms with E-state index in [2.05, 4.69) is 191 Å². The number of rotatable bonds is 6. The number of hydrogen-bond donors (Lipinski definition) is 0. The molecule has 0 saturated heterocycles. The van der Waals surface area contributed by atoms with Gasteiger partial charge in [-0.15, -0.1) is 0 Å². The van der Waals surface area contributed by atoms with Gasteiger partial charge in [-0.1, -0.05) is 115 Å². The topological polar surface area (TPSA) is 21.3 Å². The molecule has 0 N–H and O–H groups in total. The minimum atomic E-state index is 0.870. The molecule has 2 aromatic heterocycles. The van der Waals surface area contributed by atoms with Gasteiger partial charge in [0.1, 0.15) is 11.2 Å². The highest BCUT2D eigenvalue weighted by atomic mass is 16.3. The molecule has 0 aliphatic heterocycles. The van der Waals surface area contributed by atoms with Crippen LogP contribution in [0.3, 0.4) is 0 Å². The molecule has 0 fully saturated rings. The highest BCUT2D eigenvalue weighted by Gasteiger charge is 2.19. The third-order valence-corrected chi connectivity index (χ3v) is 9.98. The molecule has 240 valence electrons. The van der Waals surface area contributed by atoms with Gasteiger partial charge < -0.3 is 13.9 Å². The maximum Gasteiger partial charge on any atom is 0.137 e. The number of para-hydroxylation sites is 3. The van der Waals surface area contributed by atoms with Crippen LogP contribution in [-0.4, -0.2) is 4.57 Å². The third kappa shape index (κ3) is 4.98. The monoisotopic (exact) mass is 652 g/mol. The second-order valence-corrected chi connectivity index (χ2v) is 13.0. The van der Waals surface area contributed by atoms with Gasteiger partial charge in [0, 0.05) is 50.4 Å². The summed E-state index contributed by atoms with van der Waals surface area (Å²) in [5, 5.41) is 4.67. The first-order valence-electron chi connectivity index (χ1n) is 17.3. The van der Waals surface area contributed by atoms with E-state index < -0.39 is 0 Å². The van der Waals surface area contributed by atoms with E-state index >= 15 is 0 Å². The molecule has 0 aliphatic rings. The molecule has 10 aromatic rings. The van der Waals surface area contributed by atoms with E-state index in [1.807, 2.05) is 12.1 Å².